The molecule has 2 aromatic carbocycles. The number of pyridine rings is 1. The number of alkyl halides is 3. The predicted molar refractivity (Wildman–Crippen MR) is 129 cm³/mol. The largest absolute Gasteiger partial charge is 0.493 e. The summed E-state index contributed by atoms with van der Waals surface area (Å²) in [5.74, 6) is 0.480. The van der Waals surface area contributed by atoms with Crippen molar-refractivity contribution in [2.24, 2.45) is 0 Å². The molecule has 1 aliphatic rings. The lowest BCUT2D eigenvalue weighted by Gasteiger charge is -2.14. The number of nitrogens with one attached hydrogen (secondary N) is 1. The van der Waals surface area contributed by atoms with Crippen LogP contribution in [0.1, 0.15) is 34.7 Å². The van der Waals surface area contributed by atoms with Crippen LogP contribution in [0.5, 0.6) is 5.75 Å². The molecule has 0 spiro atoms. The average molecular weight is 496 g/mol. The Morgan fingerprint density at radius 1 is 1.19 bits per heavy atom. The third-order valence-electron chi connectivity index (χ3n) is 6.52. The number of fused-ring (bicyclic) bond motifs is 2. The molecular formula is C27H24F3N3O3. The average Bonchev–Trinajstić information content (AvgIpc) is 3.47. The molecule has 1 aliphatic heterocycles. The minimum absolute atomic E-state index is 0.0135. The lowest BCUT2D eigenvalue weighted by molar-refractivity contribution is -0.141. The van der Waals surface area contributed by atoms with Gasteiger partial charge in [-0.05, 0) is 47.4 Å². The maximum absolute atomic E-state index is 13.0. The molecule has 1 unspecified atom stereocenters. The number of nitrogens with zero attached hydrogens (tertiary/aromatic N) is 2. The van der Waals surface area contributed by atoms with Crippen molar-refractivity contribution in [3.63, 3.8) is 0 Å². The summed E-state index contributed by atoms with van der Waals surface area (Å²) in [5, 5.41) is 3.41. The second-order valence-corrected chi connectivity index (χ2v) is 8.79. The van der Waals surface area contributed by atoms with Gasteiger partial charge >= 0.3 is 12.1 Å². The molecule has 0 amide bonds. The van der Waals surface area contributed by atoms with Crippen LogP contribution in [0.25, 0.3) is 16.8 Å². The Kier molecular flexibility index (Phi) is 6.07. The number of methoxy groups -OCH3 is 1. The van der Waals surface area contributed by atoms with Gasteiger partial charge < -0.3 is 19.2 Å². The number of aromatic nitrogens is 2. The number of esters is 1. The third-order valence-corrected chi connectivity index (χ3v) is 6.52. The molecule has 186 valence electrons. The number of hydrogen-bond acceptors (Lipinski definition) is 5. The quantitative estimate of drug-likeness (QED) is 0.334. The molecule has 9 heteroatoms. The molecular weight excluding hydrogens is 471 g/mol. The van der Waals surface area contributed by atoms with Gasteiger partial charge in [0.15, 0.2) is 5.69 Å². The highest BCUT2D eigenvalue weighted by atomic mass is 19.4. The van der Waals surface area contributed by atoms with Gasteiger partial charge in [-0.2, -0.15) is 13.2 Å². The first kappa shape index (κ1) is 23.7. The number of carbonyl (C=O) groups is 1. The summed E-state index contributed by atoms with van der Waals surface area (Å²) in [6, 6.07) is 15.1. The topological polar surface area (TPSA) is 64.9 Å². The number of rotatable bonds is 6. The summed E-state index contributed by atoms with van der Waals surface area (Å²) in [6.45, 7) is 2.99. The van der Waals surface area contributed by atoms with E-state index in [4.69, 9.17) is 9.47 Å². The van der Waals surface area contributed by atoms with Crippen molar-refractivity contribution in [1.82, 2.24) is 9.38 Å². The maximum Gasteiger partial charge on any atom is 0.434 e. The molecule has 0 saturated carbocycles. The molecule has 0 saturated heterocycles. The maximum atomic E-state index is 13.0. The van der Waals surface area contributed by atoms with Crippen LogP contribution < -0.4 is 10.1 Å². The number of anilines is 1. The molecule has 0 aliphatic carbocycles. The van der Waals surface area contributed by atoms with Crippen molar-refractivity contribution in [3.8, 4) is 16.9 Å². The molecule has 6 nitrogen and oxygen atoms in total. The molecule has 5 rings (SSSR count). The smallest absolute Gasteiger partial charge is 0.434 e. The normalized spacial score (nSPS) is 15.0. The Balaban J connectivity index is 1.33. The summed E-state index contributed by atoms with van der Waals surface area (Å²) in [7, 11) is 1.38. The van der Waals surface area contributed by atoms with Gasteiger partial charge in [0.05, 0.1) is 20.1 Å². The zero-order valence-electron chi connectivity index (χ0n) is 19.7. The molecule has 2 aromatic heterocycles. The molecule has 4 aromatic rings. The Hall–Kier alpha value is -4.01. The van der Waals surface area contributed by atoms with Crippen molar-refractivity contribution in [2.45, 2.75) is 32.0 Å². The van der Waals surface area contributed by atoms with E-state index in [1.807, 2.05) is 43.3 Å². The number of imidazole rings is 1. The summed E-state index contributed by atoms with van der Waals surface area (Å²) < 4.78 is 51.1. The SMILES string of the molecule is COC(=O)CC1COc2cc(NCc3cccc(-c4ccc5nc(C(F)(F)F)cn5c4)c3C)ccc21. The summed E-state index contributed by atoms with van der Waals surface area (Å²) in [4.78, 5) is 15.3. The van der Waals surface area contributed by atoms with Crippen LogP contribution in [0, 0.1) is 6.92 Å². The number of ether oxygens (including phenoxy) is 2. The van der Waals surface area contributed by atoms with E-state index in [0.717, 1.165) is 45.5 Å². The van der Waals surface area contributed by atoms with Gasteiger partial charge in [0.25, 0.3) is 0 Å². The Labute approximate surface area is 205 Å². The lowest BCUT2D eigenvalue weighted by Crippen LogP contribution is -2.09. The Morgan fingerprint density at radius 3 is 2.81 bits per heavy atom. The first-order valence-corrected chi connectivity index (χ1v) is 11.4. The Morgan fingerprint density at radius 2 is 2.03 bits per heavy atom. The molecule has 3 heterocycles. The fourth-order valence-corrected chi connectivity index (χ4v) is 4.51. The second kappa shape index (κ2) is 9.22. The van der Waals surface area contributed by atoms with Crippen LogP contribution in [0.3, 0.4) is 0 Å². The fourth-order valence-electron chi connectivity index (χ4n) is 4.51. The Bertz CT molecular complexity index is 1450. The van der Waals surface area contributed by atoms with E-state index in [0.29, 0.717) is 13.2 Å². The van der Waals surface area contributed by atoms with Crippen molar-refractivity contribution in [2.75, 3.05) is 19.0 Å². The van der Waals surface area contributed by atoms with Crippen LogP contribution in [0.2, 0.25) is 0 Å². The van der Waals surface area contributed by atoms with E-state index < -0.39 is 11.9 Å². The van der Waals surface area contributed by atoms with E-state index in [1.54, 1.807) is 18.3 Å². The lowest BCUT2D eigenvalue weighted by atomic mass is 9.97. The van der Waals surface area contributed by atoms with Crippen LogP contribution in [0.15, 0.2) is 60.9 Å². The van der Waals surface area contributed by atoms with Gasteiger partial charge in [0, 0.05) is 42.2 Å². The highest BCUT2D eigenvalue weighted by molar-refractivity contribution is 5.71. The van der Waals surface area contributed by atoms with E-state index >= 15 is 0 Å². The van der Waals surface area contributed by atoms with Crippen molar-refractivity contribution >= 4 is 17.3 Å². The molecule has 1 atom stereocenters. The van der Waals surface area contributed by atoms with Gasteiger partial charge in [-0.15, -0.1) is 0 Å². The van der Waals surface area contributed by atoms with E-state index in [2.05, 4.69) is 10.3 Å². The molecule has 1 N–H and O–H groups in total. The van der Waals surface area contributed by atoms with Gasteiger partial charge in [-0.1, -0.05) is 24.3 Å². The van der Waals surface area contributed by atoms with E-state index in [1.165, 1.54) is 11.5 Å². The van der Waals surface area contributed by atoms with E-state index in [9.17, 15) is 18.0 Å². The fraction of sp³-hybridized carbons (Fsp3) is 0.259. The minimum atomic E-state index is -4.49. The van der Waals surface area contributed by atoms with Crippen molar-refractivity contribution < 1.29 is 27.4 Å². The van der Waals surface area contributed by atoms with Gasteiger partial charge in [0.2, 0.25) is 0 Å². The monoisotopic (exact) mass is 495 g/mol. The van der Waals surface area contributed by atoms with Crippen LogP contribution >= 0.6 is 0 Å². The summed E-state index contributed by atoms with van der Waals surface area (Å²) in [5.41, 5.74) is 5.02. The number of benzene rings is 2. The summed E-state index contributed by atoms with van der Waals surface area (Å²) in [6.07, 6.45) is -1.53. The number of halogens is 3. The van der Waals surface area contributed by atoms with Crippen molar-refractivity contribution in [1.29, 1.82) is 0 Å². The first-order valence-electron chi connectivity index (χ1n) is 11.4. The van der Waals surface area contributed by atoms with Gasteiger partial charge in [-0.25, -0.2) is 4.98 Å². The molecule has 36 heavy (non-hydrogen) atoms. The summed E-state index contributed by atoms with van der Waals surface area (Å²) >= 11 is 0. The molecule has 0 fully saturated rings. The predicted octanol–water partition coefficient (Wildman–Crippen LogP) is 5.98. The van der Waals surface area contributed by atoms with Crippen LogP contribution in [-0.4, -0.2) is 29.1 Å². The number of carbonyl (C=O) groups excluding carboxylic acids is 1. The number of hydrogen-bond donors (Lipinski definition) is 1. The van der Waals surface area contributed by atoms with Crippen LogP contribution in [-0.2, 0) is 22.3 Å². The van der Waals surface area contributed by atoms with Gasteiger partial charge in [0.1, 0.15) is 11.4 Å². The minimum Gasteiger partial charge on any atom is -0.493 e. The van der Waals surface area contributed by atoms with Crippen molar-refractivity contribution in [3.05, 3.63) is 83.3 Å². The zero-order chi connectivity index (χ0) is 25.4. The second-order valence-electron chi connectivity index (χ2n) is 8.79. The van der Waals surface area contributed by atoms with E-state index in [-0.39, 0.29) is 24.0 Å². The first-order chi connectivity index (χ1) is 17.2. The van der Waals surface area contributed by atoms with Gasteiger partial charge in [-0.3, -0.25) is 4.79 Å². The third kappa shape index (κ3) is 4.60. The zero-order valence-corrected chi connectivity index (χ0v) is 19.7. The highest BCUT2D eigenvalue weighted by Gasteiger charge is 2.34. The molecule has 0 radical (unpaired) electrons. The van der Waals surface area contributed by atoms with Crippen LogP contribution in [0.4, 0.5) is 18.9 Å². The highest BCUT2D eigenvalue weighted by Crippen LogP contribution is 2.38. The standard InChI is InChI=1S/C27H24F3N3O3/c1-16-17(12-31-20-7-8-22-19(10-26(34)35-2)15-36-23(22)11-20)4-3-5-21(16)18-6-9-25-32-24(27(28,29)30)14-33(25)13-18/h3-9,11,13-14,19,31H,10,12,15H2,1-2H3. The molecule has 0 bridgehead atoms.